The van der Waals surface area contributed by atoms with Gasteiger partial charge in [-0.2, -0.15) is 14.9 Å². The van der Waals surface area contributed by atoms with Gasteiger partial charge in [-0.1, -0.05) is 35.0 Å². The summed E-state index contributed by atoms with van der Waals surface area (Å²) in [4.78, 5) is 0. The lowest BCUT2D eigenvalue weighted by Crippen LogP contribution is -1.94. The predicted octanol–water partition coefficient (Wildman–Crippen LogP) is 4.97. The highest BCUT2D eigenvalue weighted by atomic mass is 79.9. The van der Waals surface area contributed by atoms with Crippen molar-refractivity contribution in [1.29, 1.82) is 0 Å². The second-order valence-electron chi connectivity index (χ2n) is 5.98. The minimum atomic E-state index is 0.434. The van der Waals surface area contributed by atoms with Crippen LogP contribution in [0.2, 0.25) is 0 Å². The molecule has 0 aliphatic heterocycles. The molecule has 3 aromatic rings. The van der Waals surface area contributed by atoms with Gasteiger partial charge >= 0.3 is 0 Å². The summed E-state index contributed by atoms with van der Waals surface area (Å²) in [6, 6.07) is 11.8. The van der Waals surface area contributed by atoms with Crippen molar-refractivity contribution in [2.75, 3.05) is 0 Å². The number of nitrogens with zero attached hydrogens (tertiary/aromatic N) is 3. The first-order valence-electron chi connectivity index (χ1n) is 7.69. The van der Waals surface area contributed by atoms with Crippen LogP contribution >= 0.6 is 28.1 Å². The van der Waals surface area contributed by atoms with Crippen LogP contribution in [0.4, 0.5) is 0 Å². The van der Waals surface area contributed by atoms with Gasteiger partial charge in [0.05, 0.1) is 6.21 Å². The molecule has 0 radical (unpaired) electrons. The summed E-state index contributed by atoms with van der Waals surface area (Å²) in [7, 11) is 0. The Labute approximate surface area is 152 Å². The van der Waals surface area contributed by atoms with E-state index in [0.717, 1.165) is 15.8 Å². The van der Waals surface area contributed by atoms with E-state index in [9.17, 15) is 0 Å². The van der Waals surface area contributed by atoms with Crippen LogP contribution in [0.15, 0.2) is 50.4 Å². The van der Waals surface area contributed by atoms with Crippen LogP contribution in [0, 0.1) is 10.7 Å². The summed E-state index contributed by atoms with van der Waals surface area (Å²) in [6.45, 7) is 2.23. The van der Waals surface area contributed by atoms with Crippen molar-refractivity contribution in [2.24, 2.45) is 11.0 Å². The fourth-order valence-corrected chi connectivity index (χ4v) is 3.26. The van der Waals surface area contributed by atoms with E-state index in [-0.39, 0.29) is 0 Å². The molecule has 4 rings (SSSR count). The van der Waals surface area contributed by atoms with Gasteiger partial charge in [-0.3, -0.25) is 0 Å². The van der Waals surface area contributed by atoms with Gasteiger partial charge in [-0.25, -0.2) is 5.10 Å². The third kappa shape index (κ3) is 3.01. The number of rotatable bonds is 4. The van der Waals surface area contributed by atoms with Crippen molar-refractivity contribution in [1.82, 2.24) is 14.9 Å². The molecule has 1 N–H and O–H groups in total. The molecule has 1 aromatic carbocycles. The highest BCUT2D eigenvalue weighted by Crippen LogP contribution is 2.47. The number of nitrogens with one attached hydrogen (secondary N) is 1. The van der Waals surface area contributed by atoms with E-state index in [1.165, 1.54) is 6.42 Å². The van der Waals surface area contributed by atoms with Gasteiger partial charge in [0.2, 0.25) is 4.77 Å². The number of aromatic nitrogens is 3. The molecule has 1 aliphatic rings. The Morgan fingerprint density at radius 3 is 3.00 bits per heavy atom. The fraction of sp³-hybridized carbons (Fsp3) is 0.235. The van der Waals surface area contributed by atoms with Crippen LogP contribution in [0.3, 0.4) is 0 Å². The maximum atomic E-state index is 5.85. The van der Waals surface area contributed by atoms with Gasteiger partial charge in [0.25, 0.3) is 0 Å². The molecular formula is C17H15BrN4OS. The fourth-order valence-electron chi connectivity index (χ4n) is 2.68. The highest BCUT2D eigenvalue weighted by Gasteiger charge is 2.36. The Morgan fingerprint density at radius 1 is 1.42 bits per heavy atom. The Hall–Kier alpha value is -1.99. The summed E-state index contributed by atoms with van der Waals surface area (Å²) in [5.74, 6) is 3.67. The van der Waals surface area contributed by atoms with E-state index in [2.05, 4.69) is 38.2 Å². The summed E-state index contributed by atoms with van der Waals surface area (Å²) in [5.41, 5.74) is 0.917. The van der Waals surface area contributed by atoms with E-state index < -0.39 is 0 Å². The second-order valence-corrected chi connectivity index (χ2v) is 7.28. The SMILES string of the molecule is C[C@H]1C[C@H]1c1ccc(/C=N\n2c(-c3cccc(Br)c3)n[nH]c2=S)o1. The van der Waals surface area contributed by atoms with Gasteiger partial charge in [0.15, 0.2) is 5.82 Å². The molecule has 0 saturated heterocycles. The van der Waals surface area contributed by atoms with Crippen molar-refractivity contribution < 1.29 is 4.42 Å². The lowest BCUT2D eigenvalue weighted by molar-refractivity contribution is 0.500. The largest absolute Gasteiger partial charge is 0.460 e. The molecule has 2 heterocycles. The molecular weight excluding hydrogens is 388 g/mol. The molecule has 0 unspecified atom stereocenters. The Bertz CT molecular complexity index is 971. The minimum absolute atomic E-state index is 0.434. The Morgan fingerprint density at radius 2 is 2.25 bits per heavy atom. The summed E-state index contributed by atoms with van der Waals surface area (Å²) in [6.07, 6.45) is 2.87. The van der Waals surface area contributed by atoms with Gasteiger partial charge in [0, 0.05) is 16.0 Å². The monoisotopic (exact) mass is 402 g/mol. The van der Waals surface area contributed by atoms with Gasteiger partial charge < -0.3 is 4.42 Å². The number of H-pyrrole nitrogens is 1. The molecule has 1 saturated carbocycles. The molecule has 5 nitrogen and oxygen atoms in total. The molecule has 2 aromatic heterocycles. The number of halogens is 1. The third-order valence-corrected chi connectivity index (χ3v) is 4.91. The Balaban J connectivity index is 1.64. The lowest BCUT2D eigenvalue weighted by atomic mass is 10.2. The van der Waals surface area contributed by atoms with E-state index in [0.29, 0.717) is 28.2 Å². The maximum Gasteiger partial charge on any atom is 0.216 e. The van der Waals surface area contributed by atoms with E-state index >= 15 is 0 Å². The molecule has 7 heteroatoms. The van der Waals surface area contributed by atoms with Gasteiger partial charge in [0.1, 0.15) is 11.5 Å². The molecule has 1 aliphatic carbocycles. The molecule has 122 valence electrons. The molecule has 0 bridgehead atoms. The summed E-state index contributed by atoms with van der Waals surface area (Å²) < 4.78 is 8.85. The number of hydrogen-bond acceptors (Lipinski definition) is 4. The number of hydrogen-bond donors (Lipinski definition) is 1. The van der Waals surface area contributed by atoms with Crippen molar-refractivity contribution in [3.05, 3.63) is 57.2 Å². The first kappa shape index (κ1) is 15.5. The van der Waals surface area contributed by atoms with Gasteiger partial charge in [-0.15, -0.1) is 0 Å². The van der Waals surface area contributed by atoms with Gasteiger partial charge in [-0.05, 0) is 48.8 Å². The van der Waals surface area contributed by atoms with E-state index in [1.807, 2.05) is 36.4 Å². The van der Waals surface area contributed by atoms with Crippen LogP contribution in [-0.4, -0.2) is 21.1 Å². The van der Waals surface area contributed by atoms with Crippen molar-refractivity contribution >= 4 is 34.4 Å². The van der Waals surface area contributed by atoms with Crippen molar-refractivity contribution in [3.63, 3.8) is 0 Å². The van der Waals surface area contributed by atoms with Crippen LogP contribution in [0.1, 0.15) is 30.8 Å². The zero-order chi connectivity index (χ0) is 16.7. The molecule has 24 heavy (non-hydrogen) atoms. The zero-order valence-electron chi connectivity index (χ0n) is 12.9. The van der Waals surface area contributed by atoms with E-state index in [1.54, 1.807) is 10.9 Å². The minimum Gasteiger partial charge on any atom is -0.460 e. The standard InChI is InChI=1S/C17H15BrN4OS/c1-10-7-14(10)15-6-5-13(23-15)9-19-22-16(20-21-17(22)24)11-3-2-4-12(18)8-11/h2-6,8-10,14H,7H2,1H3,(H,21,24)/b19-9-/t10-,14+/m0/s1. The van der Waals surface area contributed by atoms with Crippen LogP contribution in [0.5, 0.6) is 0 Å². The molecule has 0 amide bonds. The maximum absolute atomic E-state index is 5.85. The highest BCUT2D eigenvalue weighted by molar-refractivity contribution is 9.10. The first-order chi connectivity index (χ1) is 11.6. The second kappa shape index (κ2) is 6.14. The smallest absolute Gasteiger partial charge is 0.216 e. The molecule has 0 spiro atoms. The Kier molecular flexibility index (Phi) is 3.97. The van der Waals surface area contributed by atoms with Crippen molar-refractivity contribution in [3.8, 4) is 11.4 Å². The molecule has 2 atom stereocenters. The normalized spacial score (nSPS) is 19.9. The topological polar surface area (TPSA) is 59.1 Å². The lowest BCUT2D eigenvalue weighted by Gasteiger charge is -2.01. The zero-order valence-corrected chi connectivity index (χ0v) is 15.3. The molecule has 1 fully saturated rings. The predicted molar refractivity (Wildman–Crippen MR) is 98.8 cm³/mol. The number of furan rings is 1. The number of benzene rings is 1. The van der Waals surface area contributed by atoms with Crippen LogP contribution < -0.4 is 0 Å². The average Bonchev–Trinajstić information content (AvgIpc) is 2.97. The van der Waals surface area contributed by atoms with E-state index in [4.69, 9.17) is 16.6 Å². The van der Waals surface area contributed by atoms with Crippen molar-refractivity contribution in [2.45, 2.75) is 19.3 Å². The third-order valence-electron chi connectivity index (χ3n) is 4.16. The summed E-state index contributed by atoms with van der Waals surface area (Å²) >= 11 is 8.75. The average molecular weight is 403 g/mol. The van der Waals surface area contributed by atoms with Crippen LogP contribution in [0.25, 0.3) is 11.4 Å². The quantitative estimate of drug-likeness (QED) is 0.494. The number of aromatic amines is 1. The summed E-state index contributed by atoms with van der Waals surface area (Å²) in [5, 5.41) is 11.5. The van der Waals surface area contributed by atoms with Crippen LogP contribution in [-0.2, 0) is 0 Å². The first-order valence-corrected chi connectivity index (χ1v) is 8.89.